The van der Waals surface area contributed by atoms with E-state index in [0.717, 1.165) is 16.7 Å². The van der Waals surface area contributed by atoms with Gasteiger partial charge in [-0.2, -0.15) is 0 Å². The first-order chi connectivity index (χ1) is 13.8. The first-order valence-electron chi connectivity index (χ1n) is 9.23. The summed E-state index contributed by atoms with van der Waals surface area (Å²) in [6.07, 6.45) is 2.20. The average molecular weight is 391 g/mol. The molecule has 0 spiro atoms. The van der Waals surface area contributed by atoms with E-state index in [1.165, 1.54) is 22.8 Å². The van der Waals surface area contributed by atoms with Crippen LogP contribution in [0.25, 0.3) is 16.6 Å². The fraction of sp³-hybridized carbons (Fsp3) is 0.174. The predicted octanol–water partition coefficient (Wildman–Crippen LogP) is 4.27. The number of aromatic nitrogens is 2. The van der Waals surface area contributed by atoms with Crippen LogP contribution in [0.2, 0.25) is 0 Å². The molecular formula is C23H22FN3O2. The van der Waals surface area contributed by atoms with Gasteiger partial charge < -0.3 is 5.32 Å². The second-order valence-corrected chi connectivity index (χ2v) is 6.90. The third-order valence-electron chi connectivity index (χ3n) is 4.63. The molecule has 5 nitrogen and oxygen atoms in total. The van der Waals surface area contributed by atoms with E-state index in [0.29, 0.717) is 23.2 Å². The lowest BCUT2D eigenvalue weighted by molar-refractivity contribution is 0.0963. The van der Waals surface area contributed by atoms with Crippen LogP contribution in [-0.4, -0.2) is 15.5 Å². The van der Waals surface area contributed by atoms with Crippen molar-refractivity contribution in [2.45, 2.75) is 26.8 Å². The Morgan fingerprint density at radius 1 is 1.21 bits per heavy atom. The van der Waals surface area contributed by atoms with Crippen LogP contribution in [0.5, 0.6) is 0 Å². The van der Waals surface area contributed by atoms with Crippen molar-refractivity contribution in [3.63, 3.8) is 0 Å². The third kappa shape index (κ3) is 4.32. The molecule has 2 heterocycles. The summed E-state index contributed by atoms with van der Waals surface area (Å²) < 4.78 is 14.7. The maximum atomic E-state index is 13.3. The van der Waals surface area contributed by atoms with E-state index in [-0.39, 0.29) is 17.9 Å². The largest absolute Gasteiger partial charge is 0.326 e. The molecule has 0 bridgehead atoms. The molecule has 1 aromatic carbocycles. The number of allylic oxidation sites excluding steroid dienone is 2. The Bertz CT molecular complexity index is 1180. The van der Waals surface area contributed by atoms with Crippen LogP contribution in [0.15, 0.2) is 66.2 Å². The number of pyridine rings is 2. The maximum absolute atomic E-state index is 13.3. The molecule has 0 unspecified atom stereocenters. The molecule has 0 fully saturated rings. The number of fused-ring (bicyclic) bond motifs is 1. The fourth-order valence-corrected chi connectivity index (χ4v) is 2.90. The molecule has 0 atom stereocenters. The van der Waals surface area contributed by atoms with Crippen molar-refractivity contribution < 1.29 is 9.18 Å². The quantitative estimate of drug-likeness (QED) is 0.682. The molecule has 1 amide bonds. The number of hydrogen-bond acceptors (Lipinski definition) is 3. The number of amides is 1. The first-order valence-corrected chi connectivity index (χ1v) is 9.23. The number of nitrogens with one attached hydrogen (secondary N) is 1. The number of benzene rings is 1. The minimum absolute atomic E-state index is 0.00474. The normalized spacial score (nSPS) is 10.7. The summed E-state index contributed by atoms with van der Waals surface area (Å²) in [5, 5.41) is 3.29. The highest BCUT2D eigenvalue weighted by Crippen LogP contribution is 2.19. The molecule has 6 heteroatoms. The van der Waals surface area contributed by atoms with Crippen LogP contribution >= 0.6 is 0 Å². The number of carbonyl (C=O) groups is 1. The van der Waals surface area contributed by atoms with E-state index in [1.807, 2.05) is 19.9 Å². The van der Waals surface area contributed by atoms with Crippen molar-refractivity contribution in [3.05, 3.63) is 94.3 Å². The Morgan fingerprint density at radius 2 is 1.90 bits per heavy atom. The van der Waals surface area contributed by atoms with Gasteiger partial charge in [-0.1, -0.05) is 32.2 Å². The van der Waals surface area contributed by atoms with E-state index in [2.05, 4.69) is 23.5 Å². The molecule has 0 aliphatic rings. The fourth-order valence-electron chi connectivity index (χ4n) is 2.90. The van der Waals surface area contributed by atoms with Gasteiger partial charge in [-0.05, 0) is 54.3 Å². The van der Waals surface area contributed by atoms with Crippen molar-refractivity contribution in [2.24, 2.45) is 0 Å². The zero-order valence-corrected chi connectivity index (χ0v) is 16.5. The van der Waals surface area contributed by atoms with E-state index < -0.39 is 11.5 Å². The lowest BCUT2D eigenvalue weighted by Crippen LogP contribution is -2.33. The SMILES string of the molecule is C=C(CC)NC(=O)c1cc2cc(C(=C)C)cnc2n(Cc2ccc(F)cc2)c1=O. The van der Waals surface area contributed by atoms with Crippen LogP contribution in [0, 0.1) is 5.82 Å². The molecule has 1 N–H and O–H groups in total. The Morgan fingerprint density at radius 3 is 2.52 bits per heavy atom. The molecule has 29 heavy (non-hydrogen) atoms. The first kappa shape index (κ1) is 20.2. The lowest BCUT2D eigenvalue weighted by Gasteiger charge is -2.14. The van der Waals surface area contributed by atoms with Crippen molar-refractivity contribution in [3.8, 4) is 0 Å². The van der Waals surface area contributed by atoms with Crippen LogP contribution in [0.4, 0.5) is 4.39 Å². The summed E-state index contributed by atoms with van der Waals surface area (Å²) in [6, 6.07) is 9.24. The van der Waals surface area contributed by atoms with Crippen molar-refractivity contribution in [1.82, 2.24) is 14.9 Å². The van der Waals surface area contributed by atoms with Crippen LogP contribution in [0.1, 0.15) is 41.8 Å². The molecule has 0 radical (unpaired) electrons. The topological polar surface area (TPSA) is 64.0 Å². The summed E-state index contributed by atoms with van der Waals surface area (Å²) in [7, 11) is 0. The summed E-state index contributed by atoms with van der Waals surface area (Å²) >= 11 is 0. The highest BCUT2D eigenvalue weighted by molar-refractivity contribution is 5.98. The molecule has 148 valence electrons. The Kier molecular flexibility index (Phi) is 5.73. The predicted molar refractivity (Wildman–Crippen MR) is 113 cm³/mol. The average Bonchev–Trinajstić information content (AvgIpc) is 2.70. The number of nitrogens with zero attached hydrogens (tertiary/aromatic N) is 2. The Hall–Kier alpha value is -3.54. The summed E-state index contributed by atoms with van der Waals surface area (Å²) in [6.45, 7) is 11.6. The van der Waals surface area contributed by atoms with Crippen LogP contribution in [0.3, 0.4) is 0 Å². The number of rotatable bonds is 6. The molecule has 0 saturated heterocycles. The van der Waals surface area contributed by atoms with Gasteiger partial charge in [0.2, 0.25) is 0 Å². The minimum Gasteiger partial charge on any atom is -0.326 e. The second-order valence-electron chi connectivity index (χ2n) is 6.90. The van der Waals surface area contributed by atoms with Gasteiger partial charge in [0, 0.05) is 17.3 Å². The van der Waals surface area contributed by atoms with E-state index >= 15 is 0 Å². The smallest absolute Gasteiger partial charge is 0.265 e. The van der Waals surface area contributed by atoms with Gasteiger partial charge in [0.25, 0.3) is 11.5 Å². The number of hydrogen-bond donors (Lipinski definition) is 1. The van der Waals surface area contributed by atoms with E-state index in [1.54, 1.807) is 18.3 Å². The van der Waals surface area contributed by atoms with Crippen LogP contribution in [-0.2, 0) is 6.54 Å². The molecular weight excluding hydrogens is 369 g/mol. The Balaban J connectivity index is 2.20. The lowest BCUT2D eigenvalue weighted by atomic mass is 10.1. The van der Waals surface area contributed by atoms with Gasteiger partial charge in [-0.3, -0.25) is 14.2 Å². The summed E-state index contributed by atoms with van der Waals surface area (Å²) in [5.41, 5.74) is 2.84. The van der Waals surface area contributed by atoms with E-state index in [9.17, 15) is 14.0 Å². The zero-order chi connectivity index (χ0) is 21.1. The van der Waals surface area contributed by atoms with Crippen molar-refractivity contribution in [2.75, 3.05) is 0 Å². The minimum atomic E-state index is -0.516. The molecule has 3 rings (SSSR count). The van der Waals surface area contributed by atoms with Gasteiger partial charge in [0.1, 0.15) is 17.0 Å². The van der Waals surface area contributed by atoms with Gasteiger partial charge in [0.05, 0.1) is 6.54 Å². The maximum Gasteiger partial charge on any atom is 0.265 e. The summed E-state index contributed by atoms with van der Waals surface area (Å²) in [5.74, 6) is -0.876. The monoisotopic (exact) mass is 391 g/mol. The molecule has 0 aliphatic carbocycles. The van der Waals surface area contributed by atoms with Gasteiger partial charge in [-0.15, -0.1) is 0 Å². The summed E-state index contributed by atoms with van der Waals surface area (Å²) in [4.78, 5) is 30.2. The molecule has 2 aromatic heterocycles. The Labute approximate surface area is 168 Å². The zero-order valence-electron chi connectivity index (χ0n) is 16.5. The molecule has 3 aromatic rings. The van der Waals surface area contributed by atoms with Crippen molar-refractivity contribution in [1.29, 1.82) is 0 Å². The van der Waals surface area contributed by atoms with Gasteiger partial charge >= 0.3 is 0 Å². The molecule has 0 aliphatic heterocycles. The van der Waals surface area contributed by atoms with E-state index in [4.69, 9.17) is 0 Å². The van der Waals surface area contributed by atoms with Gasteiger partial charge in [-0.25, -0.2) is 9.37 Å². The second kappa shape index (κ2) is 8.22. The number of halogens is 1. The standard InChI is InChI=1S/C23H22FN3O2/c1-5-15(4)26-22(28)20-11-17-10-18(14(2)3)12-25-21(17)27(23(20)29)13-16-6-8-19(24)9-7-16/h6-12H,2,4-5,13H2,1,3H3,(H,26,28). The van der Waals surface area contributed by atoms with Gasteiger partial charge in [0.15, 0.2) is 0 Å². The highest BCUT2D eigenvalue weighted by Gasteiger charge is 2.17. The van der Waals surface area contributed by atoms with Crippen molar-refractivity contribution >= 4 is 22.5 Å². The highest BCUT2D eigenvalue weighted by atomic mass is 19.1. The number of carbonyl (C=O) groups excluding carboxylic acids is 1. The molecule has 0 saturated carbocycles. The third-order valence-corrected chi connectivity index (χ3v) is 4.63. The van der Waals surface area contributed by atoms with Crippen LogP contribution < -0.4 is 10.9 Å².